The van der Waals surface area contributed by atoms with Crippen molar-refractivity contribution in [2.24, 2.45) is 0 Å². The molecule has 0 radical (unpaired) electrons. The number of aliphatic hydroxyl groups is 1. The first-order valence-electron chi connectivity index (χ1n) is 35.3. The van der Waals surface area contributed by atoms with Crippen LogP contribution in [0.5, 0.6) is 0 Å². The second kappa shape index (κ2) is 56.0. The third kappa shape index (κ3) is 50.8. The summed E-state index contributed by atoms with van der Waals surface area (Å²) in [6, 6.07) is 0. The predicted molar refractivity (Wildman–Crippen MR) is 347 cm³/mol. The minimum absolute atomic E-state index is 0. The molecular formula is C70H129ClN2O13. The number of carboxylic acid groups (broad SMARTS) is 1. The van der Waals surface area contributed by atoms with Gasteiger partial charge in [-0.3, -0.25) is 28.8 Å². The van der Waals surface area contributed by atoms with Crippen LogP contribution in [-0.4, -0.2) is 134 Å². The van der Waals surface area contributed by atoms with Crippen molar-refractivity contribution in [3.63, 3.8) is 0 Å². The maximum absolute atomic E-state index is 12.5. The van der Waals surface area contributed by atoms with Gasteiger partial charge in [-0.25, -0.2) is 0 Å². The fourth-order valence-corrected chi connectivity index (χ4v) is 12.2. The zero-order valence-corrected chi connectivity index (χ0v) is 56.2. The van der Waals surface area contributed by atoms with Crippen molar-refractivity contribution in [2.75, 3.05) is 41.3 Å². The number of ether oxygens (including phenoxy) is 5. The van der Waals surface area contributed by atoms with Gasteiger partial charge in [-0.05, 0) is 221 Å². The maximum atomic E-state index is 12.5. The molecule has 4 aliphatic carbocycles. The van der Waals surface area contributed by atoms with E-state index in [1.165, 1.54) is 89.9 Å². The van der Waals surface area contributed by atoms with Crippen LogP contribution < -0.4 is 0 Å². The van der Waals surface area contributed by atoms with Gasteiger partial charge in [-0.15, -0.1) is 12.4 Å². The summed E-state index contributed by atoms with van der Waals surface area (Å²) in [5.74, 6) is -0.816. The molecule has 0 unspecified atom stereocenters. The van der Waals surface area contributed by atoms with E-state index in [-0.39, 0.29) is 85.3 Å². The van der Waals surface area contributed by atoms with E-state index in [4.69, 9.17) is 28.8 Å². The van der Waals surface area contributed by atoms with Crippen LogP contribution in [0.2, 0.25) is 0 Å². The molecule has 504 valence electrons. The number of carboxylic acids is 1. The zero-order chi connectivity index (χ0) is 61.8. The van der Waals surface area contributed by atoms with Crippen molar-refractivity contribution in [3.05, 3.63) is 0 Å². The third-order valence-corrected chi connectivity index (χ3v) is 17.3. The molecule has 16 heteroatoms. The van der Waals surface area contributed by atoms with E-state index < -0.39 is 5.97 Å². The molecule has 15 nitrogen and oxygen atoms in total. The number of nitrogens with zero attached hydrogens (tertiary/aromatic N) is 2. The first-order valence-corrected chi connectivity index (χ1v) is 35.3. The third-order valence-electron chi connectivity index (χ3n) is 17.3. The molecular weight excluding hydrogens is 1110 g/mol. The van der Waals surface area contributed by atoms with Crippen LogP contribution in [0.1, 0.15) is 334 Å². The second-order valence-corrected chi connectivity index (χ2v) is 26.2. The number of hydrogen-bond acceptors (Lipinski definition) is 14. The van der Waals surface area contributed by atoms with E-state index in [2.05, 4.69) is 4.90 Å². The van der Waals surface area contributed by atoms with Crippen molar-refractivity contribution in [1.82, 2.24) is 9.80 Å². The largest absolute Gasteiger partial charge is 0.481 e. The number of aliphatic carboxylic acids is 1. The topological polar surface area (TPSA) is 196 Å². The highest BCUT2D eigenvalue weighted by atomic mass is 35.5. The predicted octanol–water partition coefficient (Wildman–Crippen LogP) is 16.8. The minimum Gasteiger partial charge on any atom is -0.481 e. The lowest BCUT2D eigenvalue weighted by Crippen LogP contribution is -2.20. The Balaban J connectivity index is 0.000000754. The lowest BCUT2D eigenvalue weighted by Gasteiger charge is -2.18. The number of carbonyl (C=O) groups excluding carboxylic acids is 5. The highest BCUT2D eigenvalue weighted by molar-refractivity contribution is 5.85. The molecule has 0 aromatic heterocycles. The molecule has 0 amide bonds. The Kier molecular flexibility index (Phi) is 52.8. The van der Waals surface area contributed by atoms with Gasteiger partial charge in [0.1, 0.15) is 30.5 Å². The van der Waals surface area contributed by atoms with E-state index in [9.17, 15) is 33.9 Å². The first kappa shape index (κ1) is 81.0. The van der Waals surface area contributed by atoms with Gasteiger partial charge >= 0.3 is 35.8 Å². The number of halogens is 1. The van der Waals surface area contributed by atoms with Gasteiger partial charge in [0.05, 0.1) is 6.10 Å². The van der Waals surface area contributed by atoms with Crippen molar-refractivity contribution < 1.29 is 62.7 Å². The van der Waals surface area contributed by atoms with Gasteiger partial charge in [-0.1, -0.05) is 116 Å². The number of rotatable bonds is 49. The van der Waals surface area contributed by atoms with Gasteiger partial charge < -0.3 is 43.7 Å². The van der Waals surface area contributed by atoms with Crippen molar-refractivity contribution >= 4 is 48.2 Å². The van der Waals surface area contributed by atoms with Crippen molar-refractivity contribution in [2.45, 2.75) is 371 Å². The molecule has 0 heterocycles. The summed E-state index contributed by atoms with van der Waals surface area (Å²) in [6.45, 7) is 1.75. The summed E-state index contributed by atoms with van der Waals surface area (Å²) in [5, 5.41) is 18.4. The second-order valence-electron chi connectivity index (χ2n) is 26.2. The van der Waals surface area contributed by atoms with Gasteiger partial charge in [0.15, 0.2) is 0 Å². The van der Waals surface area contributed by atoms with Crippen molar-refractivity contribution in [1.29, 1.82) is 0 Å². The standard InChI is InChI=1S/C35H63NO6.C29H52O5.C6H13NO2.ClH/c1-36(2)29-19-28-35(39)42-30(20-11-7-3-5-9-13-26-33(37)40-31-22-15-16-23-31)21-12-8-4-6-10-14-27-34(38)41-32-24-17-18-25-32;30-25(17-9-5-1-3-7-11-23-28(31)33-26-19-13-14-20-26)18-10-6-2-4-8-12-24-29(32)34-27-21-15-16-22-27;1-7(2)5-3-4-6(8)9;/h30-32H,3-29H2,1-2H3;25-27,30H,1-24H2;3-5H2,1-2H3,(H,8,9);1H. The monoisotopic (exact) mass is 1240 g/mol. The highest BCUT2D eigenvalue weighted by Gasteiger charge is 2.22. The summed E-state index contributed by atoms with van der Waals surface area (Å²) in [7, 11) is 7.92. The molecule has 0 bridgehead atoms. The van der Waals surface area contributed by atoms with Crippen molar-refractivity contribution in [3.8, 4) is 0 Å². The smallest absolute Gasteiger partial charge is 0.306 e. The lowest BCUT2D eigenvalue weighted by atomic mass is 10.0. The molecule has 86 heavy (non-hydrogen) atoms. The molecule has 2 N–H and O–H groups in total. The minimum atomic E-state index is -0.711. The molecule has 0 aromatic carbocycles. The number of hydrogen-bond donors (Lipinski definition) is 2. The van der Waals surface area contributed by atoms with Crippen LogP contribution in [0, 0.1) is 0 Å². The molecule has 0 atom stereocenters. The quantitative estimate of drug-likeness (QED) is 0.0331. The summed E-state index contributed by atoms with van der Waals surface area (Å²) < 4.78 is 28.0. The van der Waals surface area contributed by atoms with E-state index in [1.54, 1.807) is 0 Å². The highest BCUT2D eigenvalue weighted by Crippen LogP contribution is 2.26. The summed E-state index contributed by atoms with van der Waals surface area (Å²) >= 11 is 0. The summed E-state index contributed by atoms with van der Waals surface area (Å²) in [4.78, 5) is 74.0. The van der Waals surface area contributed by atoms with E-state index in [0.717, 1.165) is 219 Å². The average molecular weight is 1240 g/mol. The molecule has 0 spiro atoms. The Morgan fingerprint density at radius 2 is 0.570 bits per heavy atom. The molecule has 0 aliphatic heterocycles. The Bertz CT molecular complexity index is 1570. The van der Waals surface area contributed by atoms with E-state index in [0.29, 0.717) is 32.1 Å². The fraction of sp³-hybridized carbons (Fsp3) is 0.914. The average Bonchev–Trinajstić information content (AvgIpc) is 4.36. The number of carbonyl (C=O) groups is 6. The summed E-state index contributed by atoms with van der Waals surface area (Å²) in [6.07, 6.45) is 53.2. The molecule has 4 aliphatic rings. The van der Waals surface area contributed by atoms with E-state index >= 15 is 0 Å². The van der Waals surface area contributed by atoms with Gasteiger partial charge in [-0.2, -0.15) is 0 Å². The lowest BCUT2D eigenvalue weighted by molar-refractivity contribution is -0.150. The van der Waals surface area contributed by atoms with Crippen LogP contribution in [0.3, 0.4) is 0 Å². The van der Waals surface area contributed by atoms with Crippen LogP contribution in [0.4, 0.5) is 0 Å². The Labute approximate surface area is 530 Å². The normalized spacial score (nSPS) is 15.6. The van der Waals surface area contributed by atoms with Crippen LogP contribution in [-0.2, 0) is 52.5 Å². The molecule has 4 rings (SSSR count). The van der Waals surface area contributed by atoms with Gasteiger partial charge in [0, 0.05) is 38.5 Å². The fourth-order valence-electron chi connectivity index (χ4n) is 12.2. The molecule has 0 saturated heterocycles. The molecule has 4 fully saturated rings. The van der Waals surface area contributed by atoms with Crippen LogP contribution in [0.25, 0.3) is 0 Å². The van der Waals surface area contributed by atoms with E-state index in [1.807, 2.05) is 33.1 Å². The van der Waals surface area contributed by atoms with Crippen LogP contribution >= 0.6 is 12.4 Å². The van der Waals surface area contributed by atoms with Gasteiger partial charge in [0.2, 0.25) is 0 Å². The number of esters is 5. The molecule has 4 saturated carbocycles. The SMILES string of the molecule is CN(C)CCCC(=O)O.CN(C)CCCC(=O)OC(CCCCCCCCC(=O)OC1CCCC1)CCCCCCCCC(=O)OC1CCCC1.Cl.O=C(CCCCCCCCC(O)CCCCCCCCC(=O)OC1CCCC1)OC1CCCC1. The number of aliphatic hydroxyl groups excluding tert-OH is 1. The van der Waals surface area contributed by atoms with Gasteiger partial charge in [0.25, 0.3) is 0 Å². The zero-order valence-electron chi connectivity index (χ0n) is 55.3. The Morgan fingerprint density at radius 1 is 0.337 bits per heavy atom. The van der Waals surface area contributed by atoms with Crippen LogP contribution in [0.15, 0.2) is 0 Å². The Morgan fingerprint density at radius 3 is 0.837 bits per heavy atom. The number of unbranched alkanes of at least 4 members (excludes halogenated alkanes) is 20. The molecule has 0 aromatic rings. The maximum Gasteiger partial charge on any atom is 0.306 e. The first-order chi connectivity index (χ1) is 41.2. The Hall–Kier alpha value is -3.01. The summed E-state index contributed by atoms with van der Waals surface area (Å²) in [5.41, 5.74) is 0.